The van der Waals surface area contributed by atoms with Crippen LogP contribution in [0.25, 0.3) is 0 Å². The van der Waals surface area contributed by atoms with Crippen LogP contribution in [0.2, 0.25) is 0 Å². The first kappa shape index (κ1) is 27.5. The second kappa shape index (κ2) is 18.5. The lowest BCUT2D eigenvalue weighted by atomic mass is 10.1. The summed E-state index contributed by atoms with van der Waals surface area (Å²) >= 11 is 1.88. The third kappa shape index (κ3) is 12.9. The molecule has 0 aliphatic rings. The zero-order valence-corrected chi connectivity index (χ0v) is 21.4. The molecule has 28 heavy (non-hydrogen) atoms. The van der Waals surface area contributed by atoms with Gasteiger partial charge in [0.15, 0.2) is 11.8 Å². The summed E-state index contributed by atoms with van der Waals surface area (Å²) in [5, 5.41) is 15.2. The molecule has 2 N–H and O–H groups in total. The molecule has 1 heterocycles. The monoisotopic (exact) mass is 524 g/mol. The highest BCUT2D eigenvalue weighted by Crippen LogP contribution is 2.08. The molecule has 0 aromatic carbocycles. The lowest BCUT2D eigenvalue weighted by Gasteiger charge is -2.12. The number of halogens is 1. The molecule has 0 aliphatic heterocycles. The van der Waals surface area contributed by atoms with E-state index in [1.807, 2.05) is 30.3 Å². The molecule has 164 valence electrons. The highest BCUT2D eigenvalue weighted by molar-refractivity contribution is 14.0. The first-order valence-corrected chi connectivity index (χ1v) is 11.9. The van der Waals surface area contributed by atoms with Gasteiger partial charge in [-0.15, -0.1) is 34.2 Å². The van der Waals surface area contributed by atoms with Gasteiger partial charge in [-0.05, 0) is 31.8 Å². The predicted octanol–water partition coefficient (Wildman–Crippen LogP) is 4.67. The van der Waals surface area contributed by atoms with E-state index in [-0.39, 0.29) is 24.0 Å². The van der Waals surface area contributed by atoms with Crippen LogP contribution < -0.4 is 10.6 Å². The summed E-state index contributed by atoms with van der Waals surface area (Å²) < 4.78 is 1.99. The summed E-state index contributed by atoms with van der Waals surface area (Å²) in [5.41, 5.74) is 0. The van der Waals surface area contributed by atoms with Crippen LogP contribution in [0.5, 0.6) is 0 Å². The molecule has 0 spiro atoms. The van der Waals surface area contributed by atoms with Gasteiger partial charge in [0.05, 0.1) is 0 Å². The average Bonchev–Trinajstić information content (AvgIpc) is 2.99. The predicted molar refractivity (Wildman–Crippen MR) is 134 cm³/mol. The summed E-state index contributed by atoms with van der Waals surface area (Å²) in [6.07, 6.45) is 14.0. The van der Waals surface area contributed by atoms with Crippen molar-refractivity contribution in [3.8, 4) is 0 Å². The zero-order valence-electron chi connectivity index (χ0n) is 18.3. The average molecular weight is 525 g/mol. The maximum Gasteiger partial charge on any atom is 0.191 e. The van der Waals surface area contributed by atoms with E-state index in [1.165, 1.54) is 57.1 Å². The summed E-state index contributed by atoms with van der Waals surface area (Å²) in [4.78, 5) is 4.70. The third-order valence-corrected chi connectivity index (χ3v) is 5.40. The standard InChI is InChI=1S/C20H40N6S.HI/c1-5-6-7-8-9-10-11-12-14-21-20(22-15-13-16-27-4)23-17-19-25-24-18(2)26(19)3;/h5-17H2,1-4H3,(H2,21,22,23);1H. The van der Waals surface area contributed by atoms with E-state index < -0.39 is 0 Å². The summed E-state index contributed by atoms with van der Waals surface area (Å²) in [6, 6.07) is 0. The fourth-order valence-corrected chi connectivity index (χ4v) is 3.23. The quantitative estimate of drug-likeness (QED) is 0.151. The van der Waals surface area contributed by atoms with Gasteiger partial charge >= 0.3 is 0 Å². The fraction of sp³-hybridized carbons (Fsp3) is 0.850. The Bertz CT molecular complexity index is 521. The minimum atomic E-state index is 0. The normalized spacial score (nSPS) is 11.4. The van der Waals surface area contributed by atoms with Crippen molar-refractivity contribution < 1.29 is 0 Å². The minimum Gasteiger partial charge on any atom is -0.356 e. The molecule has 6 nitrogen and oxygen atoms in total. The van der Waals surface area contributed by atoms with Gasteiger partial charge < -0.3 is 15.2 Å². The van der Waals surface area contributed by atoms with Gasteiger partial charge in [0.25, 0.3) is 0 Å². The van der Waals surface area contributed by atoms with Crippen LogP contribution in [0.1, 0.15) is 76.4 Å². The lowest BCUT2D eigenvalue weighted by molar-refractivity contribution is 0.571. The Balaban J connectivity index is 0.00000729. The highest BCUT2D eigenvalue weighted by Gasteiger charge is 2.05. The molecule has 0 bridgehead atoms. The van der Waals surface area contributed by atoms with Crippen molar-refractivity contribution in [2.24, 2.45) is 12.0 Å². The minimum absolute atomic E-state index is 0. The van der Waals surface area contributed by atoms with Crippen molar-refractivity contribution in [1.29, 1.82) is 0 Å². The number of unbranched alkanes of at least 4 members (excludes halogenated alkanes) is 7. The molecule has 0 saturated heterocycles. The largest absolute Gasteiger partial charge is 0.356 e. The van der Waals surface area contributed by atoms with Crippen molar-refractivity contribution in [2.75, 3.05) is 25.1 Å². The number of hydrogen-bond acceptors (Lipinski definition) is 4. The molecule has 0 amide bonds. The van der Waals surface area contributed by atoms with Crippen molar-refractivity contribution in [2.45, 2.75) is 78.2 Å². The van der Waals surface area contributed by atoms with Crippen LogP contribution in [-0.2, 0) is 13.6 Å². The first-order valence-electron chi connectivity index (χ1n) is 10.5. The topological polar surface area (TPSA) is 67.1 Å². The van der Waals surface area contributed by atoms with Crippen LogP contribution in [0.4, 0.5) is 0 Å². The van der Waals surface area contributed by atoms with Crippen LogP contribution in [0.3, 0.4) is 0 Å². The van der Waals surface area contributed by atoms with Crippen molar-refractivity contribution in [3.63, 3.8) is 0 Å². The van der Waals surface area contributed by atoms with E-state index in [2.05, 4.69) is 34.0 Å². The Morgan fingerprint density at radius 3 is 2.14 bits per heavy atom. The number of aryl methyl sites for hydroxylation is 1. The number of nitrogens with zero attached hydrogens (tertiary/aromatic N) is 4. The van der Waals surface area contributed by atoms with Crippen LogP contribution in [-0.4, -0.2) is 45.8 Å². The van der Waals surface area contributed by atoms with Gasteiger partial charge in [0, 0.05) is 20.1 Å². The number of hydrogen-bond donors (Lipinski definition) is 2. The number of guanidine groups is 1. The van der Waals surface area contributed by atoms with Gasteiger partial charge in [-0.3, -0.25) is 0 Å². The van der Waals surface area contributed by atoms with E-state index in [1.54, 1.807) is 0 Å². The molecule has 0 atom stereocenters. The highest BCUT2D eigenvalue weighted by atomic mass is 127. The Kier molecular flexibility index (Phi) is 18.2. The van der Waals surface area contributed by atoms with Gasteiger partial charge in [-0.2, -0.15) is 11.8 Å². The Morgan fingerprint density at radius 2 is 1.57 bits per heavy atom. The van der Waals surface area contributed by atoms with Gasteiger partial charge in [-0.25, -0.2) is 4.99 Å². The van der Waals surface area contributed by atoms with Crippen LogP contribution in [0, 0.1) is 6.92 Å². The van der Waals surface area contributed by atoms with Crippen molar-refractivity contribution in [1.82, 2.24) is 25.4 Å². The summed E-state index contributed by atoms with van der Waals surface area (Å²) in [6.45, 7) is 6.70. The number of thioether (sulfide) groups is 1. The van der Waals surface area contributed by atoms with Crippen molar-refractivity contribution in [3.05, 3.63) is 11.6 Å². The molecule has 1 rings (SSSR count). The van der Waals surface area contributed by atoms with E-state index in [9.17, 15) is 0 Å². The Labute approximate surface area is 193 Å². The lowest BCUT2D eigenvalue weighted by Crippen LogP contribution is -2.38. The second-order valence-corrected chi connectivity index (χ2v) is 8.05. The number of aromatic nitrogens is 3. The van der Waals surface area contributed by atoms with E-state index in [4.69, 9.17) is 4.99 Å². The van der Waals surface area contributed by atoms with Crippen molar-refractivity contribution >= 4 is 41.7 Å². The Morgan fingerprint density at radius 1 is 0.964 bits per heavy atom. The van der Waals surface area contributed by atoms with E-state index in [0.717, 1.165) is 37.1 Å². The van der Waals surface area contributed by atoms with E-state index >= 15 is 0 Å². The first-order chi connectivity index (χ1) is 13.2. The van der Waals surface area contributed by atoms with Gasteiger partial charge in [-0.1, -0.05) is 51.9 Å². The zero-order chi connectivity index (χ0) is 19.7. The summed E-state index contributed by atoms with van der Waals surface area (Å²) in [7, 11) is 1.99. The van der Waals surface area contributed by atoms with Crippen LogP contribution >= 0.6 is 35.7 Å². The molecular formula is C20H41IN6S. The number of nitrogens with one attached hydrogen (secondary N) is 2. The number of rotatable bonds is 15. The van der Waals surface area contributed by atoms with Crippen LogP contribution in [0.15, 0.2) is 4.99 Å². The van der Waals surface area contributed by atoms with E-state index in [0.29, 0.717) is 6.54 Å². The maximum atomic E-state index is 4.70. The molecule has 1 aromatic heterocycles. The molecule has 0 unspecified atom stereocenters. The maximum absolute atomic E-state index is 4.70. The van der Waals surface area contributed by atoms with Gasteiger partial charge in [0.1, 0.15) is 12.4 Å². The van der Waals surface area contributed by atoms with Gasteiger partial charge in [0.2, 0.25) is 0 Å². The SMILES string of the molecule is CCCCCCCCCCNC(=NCc1nnc(C)n1C)NCCCSC.I. The third-order valence-electron chi connectivity index (χ3n) is 4.70. The fourth-order valence-electron chi connectivity index (χ4n) is 2.80. The smallest absolute Gasteiger partial charge is 0.191 e. The molecular weight excluding hydrogens is 483 g/mol. The second-order valence-electron chi connectivity index (χ2n) is 7.06. The molecule has 0 fully saturated rings. The number of aliphatic imine (C=N–C) groups is 1. The molecule has 0 radical (unpaired) electrons. The molecule has 0 aliphatic carbocycles. The molecule has 8 heteroatoms. The molecule has 1 aromatic rings. The summed E-state index contributed by atoms with van der Waals surface area (Å²) in [5.74, 6) is 3.87. The molecule has 0 saturated carbocycles. The Hall–Kier alpha value is -0.510.